The van der Waals surface area contributed by atoms with E-state index in [9.17, 15) is 29.3 Å². The molecule has 0 aliphatic heterocycles. The van der Waals surface area contributed by atoms with Gasteiger partial charge < -0.3 is 15.3 Å². The number of anilines is 1. The molecule has 0 bridgehead atoms. The summed E-state index contributed by atoms with van der Waals surface area (Å²) in [5, 5.41) is 24.0. The van der Waals surface area contributed by atoms with E-state index in [1.165, 1.54) is 18.2 Å². The number of hydrogen-bond acceptors (Lipinski definition) is 6. The predicted octanol–water partition coefficient (Wildman–Crippen LogP) is 1.16. The van der Waals surface area contributed by atoms with Crippen molar-refractivity contribution in [3.8, 4) is 0 Å². The molecule has 124 valence electrons. The number of nitrogens with one attached hydrogen (secondary N) is 1. The minimum Gasteiger partial charge on any atom is -0.618 e. The molecule has 1 aromatic heterocycles. The van der Waals surface area contributed by atoms with Gasteiger partial charge in [-0.2, -0.15) is 4.73 Å². The van der Waals surface area contributed by atoms with Crippen molar-refractivity contribution in [2.45, 2.75) is 0 Å². The van der Waals surface area contributed by atoms with E-state index < -0.39 is 40.6 Å². The Morgan fingerprint density at radius 3 is 2.71 bits per heavy atom. The number of carbonyl (C=O) groups excluding carboxylic acids is 2. The zero-order chi connectivity index (χ0) is 17.7. The van der Waals surface area contributed by atoms with Gasteiger partial charge in [-0.1, -0.05) is 0 Å². The first kappa shape index (κ1) is 16.8. The lowest BCUT2D eigenvalue weighted by molar-refractivity contribution is -0.608. The van der Waals surface area contributed by atoms with Crippen molar-refractivity contribution in [3.05, 3.63) is 69.4 Å². The van der Waals surface area contributed by atoms with Crippen LogP contribution < -0.4 is 10.0 Å². The van der Waals surface area contributed by atoms with Crippen molar-refractivity contribution in [2.24, 2.45) is 0 Å². The largest absolute Gasteiger partial charge is 0.618 e. The predicted molar refractivity (Wildman–Crippen MR) is 77.4 cm³/mol. The third-order valence-corrected chi connectivity index (χ3v) is 2.80. The van der Waals surface area contributed by atoms with E-state index in [0.29, 0.717) is 0 Å². The minimum absolute atomic E-state index is 0.264. The lowest BCUT2D eigenvalue weighted by Crippen LogP contribution is -2.35. The number of benzene rings is 1. The molecule has 0 unspecified atom stereocenters. The molecule has 9 nitrogen and oxygen atoms in total. The summed E-state index contributed by atoms with van der Waals surface area (Å²) in [6.45, 7) is -0.796. The zero-order valence-corrected chi connectivity index (χ0v) is 12.0. The van der Waals surface area contributed by atoms with Crippen LogP contribution in [0, 0.1) is 21.1 Å². The highest BCUT2D eigenvalue weighted by Crippen LogP contribution is 2.21. The number of nitrogens with zero attached hydrogens (tertiary/aromatic N) is 2. The highest BCUT2D eigenvalue weighted by atomic mass is 19.1. The number of ether oxygens (including phenoxy) is 1. The first-order valence-electron chi connectivity index (χ1n) is 6.47. The number of nitro benzene ring substituents is 1. The van der Waals surface area contributed by atoms with Crippen LogP contribution in [0.15, 0.2) is 42.6 Å². The Morgan fingerprint density at radius 2 is 2.04 bits per heavy atom. The highest BCUT2D eigenvalue weighted by Gasteiger charge is 2.19. The molecule has 24 heavy (non-hydrogen) atoms. The van der Waals surface area contributed by atoms with Gasteiger partial charge in [0.15, 0.2) is 12.8 Å². The summed E-state index contributed by atoms with van der Waals surface area (Å²) in [6.07, 6.45) is 1.08. The molecule has 0 atom stereocenters. The number of amides is 1. The fourth-order valence-corrected chi connectivity index (χ4v) is 1.70. The Bertz CT molecular complexity index is 811. The summed E-state index contributed by atoms with van der Waals surface area (Å²) in [4.78, 5) is 33.2. The lowest BCUT2D eigenvalue weighted by Gasteiger charge is -2.07. The van der Waals surface area contributed by atoms with Crippen LogP contribution in [0.2, 0.25) is 0 Å². The van der Waals surface area contributed by atoms with Gasteiger partial charge in [-0.05, 0) is 12.1 Å². The van der Waals surface area contributed by atoms with Crippen LogP contribution >= 0.6 is 0 Å². The van der Waals surface area contributed by atoms with Crippen LogP contribution in [0.3, 0.4) is 0 Å². The summed E-state index contributed by atoms with van der Waals surface area (Å²) in [7, 11) is 0. The van der Waals surface area contributed by atoms with Gasteiger partial charge in [-0.25, -0.2) is 9.18 Å². The Morgan fingerprint density at radius 1 is 1.29 bits per heavy atom. The van der Waals surface area contributed by atoms with Crippen molar-refractivity contribution < 1.29 is 28.4 Å². The van der Waals surface area contributed by atoms with Crippen molar-refractivity contribution in [2.75, 3.05) is 11.9 Å². The number of hydrogen-bond donors (Lipinski definition) is 1. The maximum Gasteiger partial charge on any atom is 0.405 e. The molecule has 1 heterocycles. The van der Waals surface area contributed by atoms with E-state index in [-0.39, 0.29) is 10.4 Å². The van der Waals surface area contributed by atoms with E-state index in [1.807, 2.05) is 5.32 Å². The fourth-order valence-electron chi connectivity index (χ4n) is 1.70. The van der Waals surface area contributed by atoms with E-state index in [0.717, 1.165) is 24.4 Å². The van der Waals surface area contributed by atoms with Gasteiger partial charge in [0, 0.05) is 24.3 Å². The SMILES string of the molecule is O=C(COC(=O)c1cccc[n+]1[O-])Nc1cc([N+](=O)[O-])ccc1F. The fraction of sp³-hybridized carbons (Fsp3) is 0.0714. The molecule has 1 aromatic carbocycles. The number of nitro groups is 1. The third-order valence-electron chi connectivity index (χ3n) is 2.80. The lowest BCUT2D eigenvalue weighted by atomic mass is 10.2. The second-order valence-corrected chi connectivity index (χ2v) is 4.46. The molecule has 1 amide bonds. The molecule has 0 aliphatic carbocycles. The number of aromatic nitrogens is 1. The van der Waals surface area contributed by atoms with Crippen molar-refractivity contribution in [3.63, 3.8) is 0 Å². The summed E-state index contributed by atoms with van der Waals surface area (Å²) in [5.41, 5.74) is -1.17. The molecular formula is C14H10FN3O6. The molecule has 0 aliphatic rings. The van der Waals surface area contributed by atoms with E-state index in [1.54, 1.807) is 0 Å². The number of esters is 1. The van der Waals surface area contributed by atoms with Crippen LogP contribution in [0.25, 0.3) is 0 Å². The number of rotatable bonds is 5. The van der Waals surface area contributed by atoms with Crippen LogP contribution in [-0.2, 0) is 9.53 Å². The first-order chi connectivity index (χ1) is 11.4. The maximum atomic E-state index is 13.5. The van der Waals surface area contributed by atoms with Crippen molar-refractivity contribution >= 4 is 23.3 Å². The quantitative estimate of drug-likeness (QED) is 0.287. The second-order valence-electron chi connectivity index (χ2n) is 4.46. The normalized spacial score (nSPS) is 10.0. The Balaban J connectivity index is 1.99. The monoisotopic (exact) mass is 335 g/mol. The third kappa shape index (κ3) is 4.00. The number of carbonyl (C=O) groups is 2. The molecule has 1 N–H and O–H groups in total. The average Bonchev–Trinajstić information content (AvgIpc) is 2.55. The molecule has 0 saturated heterocycles. The summed E-state index contributed by atoms with van der Waals surface area (Å²) in [6, 6.07) is 6.63. The van der Waals surface area contributed by atoms with Gasteiger partial charge in [0.1, 0.15) is 5.82 Å². The van der Waals surface area contributed by atoms with Crippen molar-refractivity contribution in [1.82, 2.24) is 0 Å². The van der Waals surface area contributed by atoms with Gasteiger partial charge in [0.2, 0.25) is 0 Å². The van der Waals surface area contributed by atoms with Crippen LogP contribution in [0.5, 0.6) is 0 Å². The van der Waals surface area contributed by atoms with E-state index in [4.69, 9.17) is 0 Å². The Labute approximate surface area is 134 Å². The van der Waals surface area contributed by atoms with E-state index >= 15 is 0 Å². The molecule has 0 fully saturated rings. The van der Waals surface area contributed by atoms with Crippen molar-refractivity contribution in [1.29, 1.82) is 0 Å². The maximum absolute atomic E-state index is 13.5. The molecule has 10 heteroatoms. The molecular weight excluding hydrogens is 325 g/mol. The average molecular weight is 335 g/mol. The number of pyridine rings is 1. The van der Waals surface area contributed by atoms with Gasteiger partial charge in [0.25, 0.3) is 11.6 Å². The standard InChI is InChI=1S/C14H10FN3O6/c15-10-5-4-9(18(22)23)7-11(10)16-13(19)8-24-14(20)12-3-1-2-6-17(12)21/h1-7H,8H2,(H,16,19). The van der Waals surface area contributed by atoms with E-state index in [2.05, 4.69) is 4.74 Å². The smallest absolute Gasteiger partial charge is 0.405 e. The molecule has 0 saturated carbocycles. The topological polar surface area (TPSA) is 125 Å². The molecule has 0 radical (unpaired) electrons. The molecule has 2 rings (SSSR count). The van der Waals surface area contributed by atoms with Crippen LogP contribution in [0.4, 0.5) is 15.8 Å². The van der Waals surface area contributed by atoms with Crippen LogP contribution in [0.1, 0.15) is 10.5 Å². The first-order valence-corrected chi connectivity index (χ1v) is 6.47. The summed E-state index contributed by atoms with van der Waals surface area (Å²) in [5.74, 6) is -2.85. The second kappa shape index (κ2) is 7.13. The number of non-ortho nitro benzene ring substituents is 1. The van der Waals surface area contributed by atoms with Gasteiger partial charge in [-0.15, -0.1) is 0 Å². The zero-order valence-electron chi connectivity index (χ0n) is 12.0. The highest BCUT2D eigenvalue weighted by molar-refractivity contribution is 5.94. The summed E-state index contributed by atoms with van der Waals surface area (Å²) >= 11 is 0. The Hall–Kier alpha value is -3.56. The van der Waals surface area contributed by atoms with Gasteiger partial charge in [0.05, 0.1) is 10.6 Å². The van der Waals surface area contributed by atoms with Crippen LogP contribution in [-0.4, -0.2) is 23.4 Å². The number of halogens is 1. The van der Waals surface area contributed by atoms with Gasteiger partial charge in [-0.3, -0.25) is 14.9 Å². The molecule has 0 spiro atoms. The molecule has 2 aromatic rings. The van der Waals surface area contributed by atoms with Gasteiger partial charge >= 0.3 is 11.7 Å². The Kier molecular flexibility index (Phi) is 5.00. The summed E-state index contributed by atoms with van der Waals surface area (Å²) < 4.78 is 18.4. The minimum atomic E-state index is -1.04.